The number of hydrogen-bond acceptors (Lipinski definition) is 6. The van der Waals surface area contributed by atoms with E-state index in [0.29, 0.717) is 45.3 Å². The third-order valence-corrected chi connectivity index (χ3v) is 7.14. The zero-order valence-corrected chi connectivity index (χ0v) is 20.9. The highest BCUT2D eigenvalue weighted by Crippen LogP contribution is 2.34. The summed E-state index contributed by atoms with van der Waals surface area (Å²) in [4.78, 5) is 33.4. The van der Waals surface area contributed by atoms with Crippen molar-refractivity contribution in [3.8, 4) is 0 Å². The lowest BCUT2D eigenvalue weighted by Gasteiger charge is -2.21. The number of nitrogens with zero attached hydrogens (tertiary/aromatic N) is 3. The Morgan fingerprint density at radius 1 is 1.25 bits per heavy atom. The van der Waals surface area contributed by atoms with Crippen LogP contribution in [0.1, 0.15) is 64.0 Å². The maximum absolute atomic E-state index is 13.3. The van der Waals surface area contributed by atoms with Crippen molar-refractivity contribution >= 4 is 51.7 Å². The number of carbonyl (C=O) groups is 1. The monoisotopic (exact) mass is 472 g/mol. The van der Waals surface area contributed by atoms with Gasteiger partial charge in [-0.05, 0) is 43.4 Å². The summed E-state index contributed by atoms with van der Waals surface area (Å²) < 4.78 is 2.10. The molecule has 2 aromatic rings. The average Bonchev–Trinajstić information content (AvgIpc) is 3.04. The normalized spacial score (nSPS) is 16.4. The Labute approximate surface area is 199 Å². The van der Waals surface area contributed by atoms with Crippen LogP contribution >= 0.6 is 24.0 Å². The molecular formula is C24H32N4O2S2. The van der Waals surface area contributed by atoms with Gasteiger partial charge in [0.15, 0.2) is 0 Å². The van der Waals surface area contributed by atoms with Crippen LogP contribution in [0.4, 0.5) is 5.82 Å². The molecule has 0 radical (unpaired) electrons. The van der Waals surface area contributed by atoms with E-state index in [1.165, 1.54) is 16.2 Å². The predicted octanol–water partition coefficient (Wildman–Crippen LogP) is 5.24. The fourth-order valence-electron chi connectivity index (χ4n) is 3.78. The number of unbranched alkanes of at least 4 members (excludes halogenated alkanes) is 1. The molecule has 1 saturated heterocycles. The fourth-order valence-corrected chi connectivity index (χ4v) is 5.04. The molecule has 0 aliphatic carbocycles. The van der Waals surface area contributed by atoms with E-state index in [-0.39, 0.29) is 11.5 Å². The summed E-state index contributed by atoms with van der Waals surface area (Å²) in [6.45, 7) is 9.64. The fraction of sp³-hybridized carbons (Fsp3) is 0.500. The Balaban J connectivity index is 1.99. The second-order valence-corrected chi connectivity index (χ2v) is 9.88. The van der Waals surface area contributed by atoms with Gasteiger partial charge in [-0.3, -0.25) is 18.9 Å². The van der Waals surface area contributed by atoms with E-state index in [1.807, 2.05) is 19.1 Å². The number of fused-ring (bicyclic) bond motifs is 1. The quantitative estimate of drug-likeness (QED) is 0.377. The number of carbonyl (C=O) groups excluding carboxylic acids is 1. The molecule has 172 valence electrons. The lowest BCUT2D eigenvalue weighted by Crippen LogP contribution is -2.33. The van der Waals surface area contributed by atoms with E-state index < -0.39 is 0 Å². The van der Waals surface area contributed by atoms with Gasteiger partial charge in [0.1, 0.15) is 15.8 Å². The van der Waals surface area contributed by atoms with Crippen molar-refractivity contribution in [3.05, 3.63) is 44.7 Å². The van der Waals surface area contributed by atoms with E-state index in [1.54, 1.807) is 17.2 Å². The molecule has 1 aliphatic heterocycles. The van der Waals surface area contributed by atoms with Gasteiger partial charge in [-0.25, -0.2) is 4.98 Å². The van der Waals surface area contributed by atoms with Crippen LogP contribution < -0.4 is 10.9 Å². The van der Waals surface area contributed by atoms with Crippen molar-refractivity contribution in [1.29, 1.82) is 0 Å². The van der Waals surface area contributed by atoms with E-state index in [9.17, 15) is 9.59 Å². The Hall–Kier alpha value is -2.19. The van der Waals surface area contributed by atoms with Crippen molar-refractivity contribution in [3.63, 3.8) is 0 Å². The molecule has 0 saturated carbocycles. The average molecular weight is 473 g/mol. The minimum Gasteiger partial charge on any atom is -0.369 e. The molecule has 0 spiro atoms. The summed E-state index contributed by atoms with van der Waals surface area (Å²) in [5.74, 6) is 0.811. The highest BCUT2D eigenvalue weighted by atomic mass is 32.2. The van der Waals surface area contributed by atoms with Crippen LogP contribution in [0.15, 0.2) is 28.0 Å². The Bertz CT molecular complexity index is 1090. The third kappa shape index (κ3) is 5.23. The molecule has 1 amide bonds. The van der Waals surface area contributed by atoms with Gasteiger partial charge in [-0.1, -0.05) is 70.1 Å². The number of rotatable bonds is 10. The molecule has 2 aromatic heterocycles. The molecule has 32 heavy (non-hydrogen) atoms. The lowest BCUT2D eigenvalue weighted by atomic mass is 9.99. The van der Waals surface area contributed by atoms with Crippen LogP contribution in [0, 0.1) is 12.8 Å². The Kier molecular flexibility index (Phi) is 8.48. The summed E-state index contributed by atoms with van der Waals surface area (Å²) in [6.07, 6.45) is 8.65. The van der Waals surface area contributed by atoms with Crippen molar-refractivity contribution in [1.82, 2.24) is 14.3 Å². The number of hydrogen-bond donors (Lipinski definition) is 1. The molecular weight excluding hydrogens is 440 g/mol. The van der Waals surface area contributed by atoms with Crippen LogP contribution in [0.5, 0.6) is 0 Å². The highest BCUT2D eigenvalue weighted by molar-refractivity contribution is 8.26. The molecule has 1 N–H and O–H groups in total. The number of aromatic nitrogens is 2. The first-order chi connectivity index (χ1) is 15.4. The maximum Gasteiger partial charge on any atom is 0.267 e. The highest BCUT2D eigenvalue weighted by Gasteiger charge is 2.33. The van der Waals surface area contributed by atoms with Gasteiger partial charge in [0.05, 0.1) is 10.5 Å². The first-order valence-corrected chi connectivity index (χ1v) is 12.6. The number of amides is 1. The molecule has 1 fully saturated rings. The van der Waals surface area contributed by atoms with Gasteiger partial charge in [0.25, 0.3) is 11.5 Å². The van der Waals surface area contributed by atoms with Crippen molar-refractivity contribution < 1.29 is 4.79 Å². The molecule has 3 rings (SSSR count). The van der Waals surface area contributed by atoms with Gasteiger partial charge in [-0.15, -0.1) is 0 Å². The van der Waals surface area contributed by atoms with Crippen molar-refractivity contribution in [2.45, 2.75) is 59.8 Å². The summed E-state index contributed by atoms with van der Waals surface area (Å²) in [6, 6.07) is 3.76. The summed E-state index contributed by atoms with van der Waals surface area (Å²) in [5.41, 5.74) is 1.72. The SMILES string of the molecule is CCCCC(CC)CN1C(=O)C(=Cc2c(NCCC)nc3c(C)cccn3c2=O)SC1=S. The summed E-state index contributed by atoms with van der Waals surface area (Å²) in [5, 5.41) is 3.26. The van der Waals surface area contributed by atoms with Crippen molar-refractivity contribution in [2.24, 2.45) is 5.92 Å². The largest absolute Gasteiger partial charge is 0.369 e. The molecule has 6 nitrogen and oxygen atoms in total. The maximum atomic E-state index is 13.3. The van der Waals surface area contributed by atoms with Crippen LogP contribution in [0.3, 0.4) is 0 Å². The molecule has 1 unspecified atom stereocenters. The van der Waals surface area contributed by atoms with Crippen LogP contribution in [-0.4, -0.2) is 37.6 Å². The van der Waals surface area contributed by atoms with Gasteiger partial charge >= 0.3 is 0 Å². The molecule has 3 heterocycles. The number of nitrogens with one attached hydrogen (secondary N) is 1. The van der Waals surface area contributed by atoms with E-state index in [2.05, 4.69) is 26.1 Å². The second-order valence-electron chi connectivity index (χ2n) is 8.20. The lowest BCUT2D eigenvalue weighted by molar-refractivity contribution is -0.122. The predicted molar refractivity (Wildman–Crippen MR) is 138 cm³/mol. The minimum atomic E-state index is -0.197. The zero-order chi connectivity index (χ0) is 23.3. The molecule has 1 atom stereocenters. The molecule has 8 heteroatoms. The molecule has 0 bridgehead atoms. The number of aryl methyl sites for hydroxylation is 1. The van der Waals surface area contributed by atoms with Gasteiger partial charge in [0, 0.05) is 19.3 Å². The van der Waals surface area contributed by atoms with E-state index >= 15 is 0 Å². The van der Waals surface area contributed by atoms with Gasteiger partial charge in [0.2, 0.25) is 0 Å². The molecule has 1 aliphatic rings. The standard InChI is InChI=1S/C24H32N4O2S2/c1-5-8-11-17(7-3)15-28-23(30)19(32-24(28)31)14-18-20(25-12-6-2)26-21-16(4)10-9-13-27(21)22(18)29/h9-10,13-14,17,25H,5-8,11-12,15H2,1-4H3. The number of thioether (sulfide) groups is 1. The Morgan fingerprint density at radius 3 is 2.72 bits per heavy atom. The second kappa shape index (κ2) is 11.1. The zero-order valence-electron chi connectivity index (χ0n) is 19.3. The number of anilines is 1. The smallest absolute Gasteiger partial charge is 0.267 e. The van der Waals surface area contributed by atoms with E-state index in [4.69, 9.17) is 17.2 Å². The first kappa shape index (κ1) is 24.5. The summed E-state index contributed by atoms with van der Waals surface area (Å²) >= 11 is 6.80. The molecule has 0 aromatic carbocycles. The third-order valence-electron chi connectivity index (χ3n) is 5.76. The van der Waals surface area contributed by atoms with Crippen LogP contribution in [0.25, 0.3) is 11.7 Å². The van der Waals surface area contributed by atoms with E-state index in [0.717, 1.165) is 37.7 Å². The van der Waals surface area contributed by atoms with Gasteiger partial charge in [-0.2, -0.15) is 0 Å². The Morgan fingerprint density at radius 2 is 2.03 bits per heavy atom. The van der Waals surface area contributed by atoms with Gasteiger partial charge < -0.3 is 5.32 Å². The topological polar surface area (TPSA) is 66.7 Å². The van der Waals surface area contributed by atoms with Crippen LogP contribution in [-0.2, 0) is 4.79 Å². The van der Waals surface area contributed by atoms with Crippen molar-refractivity contribution in [2.75, 3.05) is 18.4 Å². The minimum absolute atomic E-state index is 0.120. The first-order valence-electron chi connectivity index (χ1n) is 11.4. The number of thiocarbonyl (C=S) groups is 1. The number of pyridine rings is 1. The van der Waals surface area contributed by atoms with Crippen LogP contribution in [0.2, 0.25) is 0 Å². The summed E-state index contributed by atoms with van der Waals surface area (Å²) in [7, 11) is 0.